The molecule has 2 atom stereocenters. The van der Waals surface area contributed by atoms with Gasteiger partial charge in [0.15, 0.2) is 0 Å². The van der Waals surface area contributed by atoms with Gasteiger partial charge in [-0.2, -0.15) is 0 Å². The van der Waals surface area contributed by atoms with E-state index in [9.17, 15) is 0 Å². The molecule has 0 aliphatic carbocycles. The number of ether oxygens (including phenoxy) is 1. The molecule has 0 aromatic rings. The minimum absolute atomic E-state index is 0.480. The predicted molar refractivity (Wildman–Crippen MR) is 66.7 cm³/mol. The van der Waals surface area contributed by atoms with Crippen molar-refractivity contribution in [1.29, 1.82) is 0 Å². The first-order valence-electron chi connectivity index (χ1n) is 6.87. The summed E-state index contributed by atoms with van der Waals surface area (Å²) in [5.74, 6) is 0. The highest BCUT2D eigenvalue weighted by atomic mass is 16.5. The zero-order chi connectivity index (χ0) is 11.2. The lowest BCUT2D eigenvalue weighted by Gasteiger charge is -2.33. The highest BCUT2D eigenvalue weighted by Gasteiger charge is 2.20. The van der Waals surface area contributed by atoms with Gasteiger partial charge in [-0.1, -0.05) is 6.42 Å². The molecule has 1 N–H and O–H groups in total. The number of nitrogens with one attached hydrogen (secondary N) is 1. The number of hydrogen-bond donors (Lipinski definition) is 1. The summed E-state index contributed by atoms with van der Waals surface area (Å²) in [6.45, 7) is 4.89. The fourth-order valence-corrected chi connectivity index (χ4v) is 2.92. The molecule has 0 spiro atoms. The van der Waals surface area contributed by atoms with E-state index in [4.69, 9.17) is 4.74 Å². The molecule has 0 radical (unpaired) electrons. The molecule has 2 fully saturated rings. The van der Waals surface area contributed by atoms with E-state index in [1.807, 2.05) is 7.11 Å². The summed E-state index contributed by atoms with van der Waals surface area (Å²) in [5, 5.41) is 3.63. The van der Waals surface area contributed by atoms with Crippen LogP contribution in [0.3, 0.4) is 0 Å². The summed E-state index contributed by atoms with van der Waals surface area (Å²) in [4.78, 5) is 2.58. The number of likely N-dealkylation sites (tertiary alicyclic amines) is 1. The highest BCUT2D eigenvalue weighted by molar-refractivity contribution is 4.77. The number of rotatable bonds is 4. The molecular weight excluding hydrogens is 200 g/mol. The van der Waals surface area contributed by atoms with Crippen molar-refractivity contribution in [3.63, 3.8) is 0 Å². The van der Waals surface area contributed by atoms with Gasteiger partial charge < -0.3 is 15.0 Å². The molecule has 94 valence electrons. The van der Waals surface area contributed by atoms with Crippen LogP contribution in [0.5, 0.6) is 0 Å². The van der Waals surface area contributed by atoms with Gasteiger partial charge in [0.05, 0.1) is 6.10 Å². The summed E-state index contributed by atoms with van der Waals surface area (Å²) >= 11 is 0. The first kappa shape index (κ1) is 12.3. The number of nitrogens with zero attached hydrogens (tertiary/aromatic N) is 1. The molecule has 2 rings (SSSR count). The quantitative estimate of drug-likeness (QED) is 0.788. The average molecular weight is 226 g/mol. The van der Waals surface area contributed by atoms with Crippen molar-refractivity contribution in [3.05, 3.63) is 0 Å². The van der Waals surface area contributed by atoms with Gasteiger partial charge in [0.25, 0.3) is 0 Å². The second-order valence-electron chi connectivity index (χ2n) is 5.24. The SMILES string of the molecule is COC1CCCN(CCC2CCCCN2)C1. The van der Waals surface area contributed by atoms with Gasteiger partial charge in [-0.3, -0.25) is 0 Å². The van der Waals surface area contributed by atoms with E-state index < -0.39 is 0 Å². The van der Waals surface area contributed by atoms with Gasteiger partial charge in [-0.05, 0) is 51.7 Å². The molecule has 0 amide bonds. The van der Waals surface area contributed by atoms with Crippen molar-refractivity contribution < 1.29 is 4.74 Å². The second kappa shape index (κ2) is 6.58. The lowest BCUT2D eigenvalue weighted by molar-refractivity contribution is 0.0298. The molecule has 2 aliphatic rings. The average Bonchev–Trinajstić information content (AvgIpc) is 2.38. The van der Waals surface area contributed by atoms with Gasteiger partial charge in [-0.25, -0.2) is 0 Å². The van der Waals surface area contributed by atoms with E-state index in [1.54, 1.807) is 0 Å². The first-order chi connectivity index (χ1) is 7.88. The normalized spacial score (nSPS) is 32.8. The van der Waals surface area contributed by atoms with Crippen LogP contribution in [-0.2, 0) is 4.74 Å². The fourth-order valence-electron chi connectivity index (χ4n) is 2.92. The third-order valence-corrected chi connectivity index (χ3v) is 4.00. The lowest BCUT2D eigenvalue weighted by Crippen LogP contribution is -2.42. The summed E-state index contributed by atoms with van der Waals surface area (Å²) < 4.78 is 5.46. The number of methoxy groups -OCH3 is 1. The molecule has 3 nitrogen and oxygen atoms in total. The molecular formula is C13H26N2O. The van der Waals surface area contributed by atoms with Crippen LogP contribution in [0.2, 0.25) is 0 Å². The van der Waals surface area contributed by atoms with Crippen molar-refractivity contribution in [2.45, 2.75) is 50.7 Å². The smallest absolute Gasteiger partial charge is 0.0698 e. The summed E-state index contributed by atoms with van der Waals surface area (Å²) in [6, 6.07) is 0.775. The van der Waals surface area contributed by atoms with Crippen LogP contribution in [0.25, 0.3) is 0 Å². The van der Waals surface area contributed by atoms with E-state index >= 15 is 0 Å². The van der Waals surface area contributed by atoms with Gasteiger partial charge in [0.1, 0.15) is 0 Å². The molecule has 16 heavy (non-hydrogen) atoms. The highest BCUT2D eigenvalue weighted by Crippen LogP contribution is 2.15. The molecule has 0 saturated carbocycles. The molecule has 0 aromatic carbocycles. The van der Waals surface area contributed by atoms with Crippen molar-refractivity contribution in [1.82, 2.24) is 10.2 Å². The Morgan fingerprint density at radius 2 is 2.19 bits per heavy atom. The van der Waals surface area contributed by atoms with E-state index in [0.29, 0.717) is 6.10 Å². The van der Waals surface area contributed by atoms with Gasteiger partial charge in [0, 0.05) is 19.7 Å². The van der Waals surface area contributed by atoms with Crippen LogP contribution < -0.4 is 5.32 Å². The van der Waals surface area contributed by atoms with Gasteiger partial charge in [-0.15, -0.1) is 0 Å². The zero-order valence-corrected chi connectivity index (χ0v) is 10.6. The summed E-state index contributed by atoms with van der Waals surface area (Å²) in [7, 11) is 1.84. The zero-order valence-electron chi connectivity index (χ0n) is 10.6. The van der Waals surface area contributed by atoms with Crippen LogP contribution in [-0.4, -0.2) is 50.3 Å². The Balaban J connectivity index is 1.64. The van der Waals surface area contributed by atoms with Crippen LogP contribution in [0.15, 0.2) is 0 Å². The number of hydrogen-bond acceptors (Lipinski definition) is 3. The lowest BCUT2D eigenvalue weighted by atomic mass is 10.0. The van der Waals surface area contributed by atoms with Crippen molar-refractivity contribution >= 4 is 0 Å². The maximum atomic E-state index is 5.46. The predicted octanol–water partition coefficient (Wildman–Crippen LogP) is 1.63. The first-order valence-corrected chi connectivity index (χ1v) is 6.87. The van der Waals surface area contributed by atoms with Crippen LogP contribution in [0, 0.1) is 0 Å². The molecule has 3 heteroatoms. The molecule has 2 unspecified atom stereocenters. The minimum atomic E-state index is 0.480. The van der Waals surface area contributed by atoms with Crippen LogP contribution in [0.4, 0.5) is 0 Å². The van der Waals surface area contributed by atoms with Crippen LogP contribution in [0.1, 0.15) is 38.5 Å². The van der Waals surface area contributed by atoms with E-state index in [0.717, 1.165) is 12.6 Å². The third kappa shape index (κ3) is 3.72. The number of piperidine rings is 2. The Morgan fingerprint density at radius 1 is 1.25 bits per heavy atom. The Morgan fingerprint density at radius 3 is 2.94 bits per heavy atom. The van der Waals surface area contributed by atoms with E-state index in [2.05, 4.69) is 10.2 Å². The standard InChI is InChI=1S/C13H26N2O/c1-16-13-6-4-9-15(11-13)10-7-12-5-2-3-8-14-12/h12-14H,2-11H2,1H3. The molecule has 2 saturated heterocycles. The second-order valence-corrected chi connectivity index (χ2v) is 5.24. The molecule has 0 aromatic heterocycles. The Bertz CT molecular complexity index is 192. The third-order valence-electron chi connectivity index (χ3n) is 4.00. The summed E-state index contributed by atoms with van der Waals surface area (Å²) in [5.41, 5.74) is 0. The Hall–Kier alpha value is -0.120. The largest absolute Gasteiger partial charge is 0.380 e. The minimum Gasteiger partial charge on any atom is -0.380 e. The van der Waals surface area contributed by atoms with E-state index in [1.165, 1.54) is 58.2 Å². The van der Waals surface area contributed by atoms with Gasteiger partial charge >= 0.3 is 0 Å². The molecule has 2 aliphatic heterocycles. The fraction of sp³-hybridized carbons (Fsp3) is 1.00. The van der Waals surface area contributed by atoms with Crippen molar-refractivity contribution in [2.75, 3.05) is 33.3 Å². The van der Waals surface area contributed by atoms with Crippen molar-refractivity contribution in [2.24, 2.45) is 0 Å². The summed E-state index contributed by atoms with van der Waals surface area (Å²) in [6.07, 6.45) is 8.50. The van der Waals surface area contributed by atoms with E-state index in [-0.39, 0.29) is 0 Å². The van der Waals surface area contributed by atoms with Crippen LogP contribution >= 0.6 is 0 Å². The molecule has 0 bridgehead atoms. The maximum Gasteiger partial charge on any atom is 0.0698 e. The topological polar surface area (TPSA) is 24.5 Å². The van der Waals surface area contributed by atoms with Gasteiger partial charge in [0.2, 0.25) is 0 Å². The Labute approximate surface area is 99.5 Å². The monoisotopic (exact) mass is 226 g/mol. The van der Waals surface area contributed by atoms with Crippen molar-refractivity contribution in [3.8, 4) is 0 Å². The Kier molecular flexibility index (Phi) is 5.07. The molecule has 2 heterocycles. The maximum absolute atomic E-state index is 5.46.